The molecule has 0 radical (unpaired) electrons. The Balaban J connectivity index is 1.92. The SMILES string of the molecule is NCCCC[C@H](N)C(=O)N1CCC[C@H]1C(=O)NCC(=O)N[C@@H](Cc1ccccc1)C(=O)NCC(N)=O. The summed E-state index contributed by atoms with van der Waals surface area (Å²) < 4.78 is 0. The van der Waals surface area contributed by atoms with E-state index in [9.17, 15) is 24.0 Å². The molecule has 0 aromatic heterocycles. The maximum atomic E-state index is 12.8. The van der Waals surface area contributed by atoms with Crippen molar-refractivity contribution in [1.29, 1.82) is 0 Å². The van der Waals surface area contributed by atoms with Gasteiger partial charge < -0.3 is 38.1 Å². The number of hydrogen-bond acceptors (Lipinski definition) is 7. The van der Waals surface area contributed by atoms with Gasteiger partial charge in [-0.2, -0.15) is 0 Å². The van der Waals surface area contributed by atoms with E-state index in [-0.39, 0.29) is 25.4 Å². The summed E-state index contributed by atoms with van der Waals surface area (Å²) in [6.07, 6.45) is 3.30. The molecule has 36 heavy (non-hydrogen) atoms. The lowest BCUT2D eigenvalue weighted by atomic mass is 10.1. The molecule has 12 nitrogen and oxygen atoms in total. The number of unbranched alkanes of at least 4 members (excludes halogenated alkanes) is 1. The lowest BCUT2D eigenvalue weighted by Crippen LogP contribution is -2.54. The van der Waals surface area contributed by atoms with Crippen molar-refractivity contribution in [3.63, 3.8) is 0 Å². The van der Waals surface area contributed by atoms with Crippen LogP contribution in [-0.2, 0) is 30.4 Å². The van der Waals surface area contributed by atoms with E-state index in [4.69, 9.17) is 17.2 Å². The van der Waals surface area contributed by atoms with Crippen molar-refractivity contribution in [1.82, 2.24) is 20.9 Å². The first-order valence-electron chi connectivity index (χ1n) is 12.2. The minimum atomic E-state index is -0.979. The number of carbonyl (C=O) groups is 5. The molecule has 1 heterocycles. The van der Waals surface area contributed by atoms with E-state index in [1.54, 1.807) is 24.3 Å². The average Bonchev–Trinajstić information content (AvgIpc) is 3.35. The lowest BCUT2D eigenvalue weighted by molar-refractivity contribution is -0.140. The summed E-state index contributed by atoms with van der Waals surface area (Å²) in [6.45, 7) is 0.203. The smallest absolute Gasteiger partial charge is 0.243 e. The van der Waals surface area contributed by atoms with Gasteiger partial charge in [0.1, 0.15) is 12.1 Å². The number of nitrogens with two attached hydrogens (primary N) is 3. The number of carbonyl (C=O) groups excluding carboxylic acids is 5. The van der Waals surface area contributed by atoms with E-state index in [1.807, 2.05) is 6.07 Å². The molecule has 0 aliphatic carbocycles. The van der Waals surface area contributed by atoms with Crippen molar-refractivity contribution in [2.75, 3.05) is 26.2 Å². The van der Waals surface area contributed by atoms with Gasteiger partial charge in [-0.05, 0) is 37.8 Å². The first-order chi connectivity index (χ1) is 17.2. The third kappa shape index (κ3) is 9.27. The molecular formula is C24H37N7O5. The van der Waals surface area contributed by atoms with Gasteiger partial charge in [-0.15, -0.1) is 0 Å². The van der Waals surface area contributed by atoms with Crippen LogP contribution in [0.15, 0.2) is 30.3 Å². The quantitative estimate of drug-likeness (QED) is 0.156. The van der Waals surface area contributed by atoms with E-state index >= 15 is 0 Å². The number of nitrogens with one attached hydrogen (secondary N) is 3. The Morgan fingerprint density at radius 1 is 1.03 bits per heavy atom. The van der Waals surface area contributed by atoms with Crippen LogP contribution in [0.3, 0.4) is 0 Å². The molecule has 0 spiro atoms. The van der Waals surface area contributed by atoms with Gasteiger partial charge in [0.05, 0.1) is 19.1 Å². The van der Waals surface area contributed by atoms with Crippen molar-refractivity contribution >= 4 is 29.5 Å². The number of benzene rings is 1. The highest BCUT2D eigenvalue weighted by Crippen LogP contribution is 2.19. The minimum absolute atomic E-state index is 0.179. The Kier molecular flexibility index (Phi) is 11.8. The zero-order valence-corrected chi connectivity index (χ0v) is 20.4. The standard InChI is InChI=1S/C24H37N7O5/c25-11-5-4-9-17(26)24(36)31-12-6-10-19(31)23(35)29-15-21(33)30-18(22(34)28-14-20(27)32)13-16-7-2-1-3-8-16/h1-3,7-8,17-19H,4-6,9-15,25-26H2,(H2,27,32)(H,28,34)(H,29,35)(H,30,33)/t17-,18-,19-/m0/s1. The highest BCUT2D eigenvalue weighted by Gasteiger charge is 2.36. The first kappa shape index (κ1) is 28.7. The molecule has 198 valence electrons. The van der Waals surface area contributed by atoms with Crippen LogP contribution < -0.4 is 33.2 Å². The number of nitrogens with zero attached hydrogens (tertiary/aromatic N) is 1. The zero-order chi connectivity index (χ0) is 26.5. The number of likely N-dealkylation sites (tertiary alicyclic amines) is 1. The van der Waals surface area contributed by atoms with Crippen LogP contribution in [0.2, 0.25) is 0 Å². The van der Waals surface area contributed by atoms with Gasteiger partial charge in [-0.3, -0.25) is 24.0 Å². The van der Waals surface area contributed by atoms with E-state index < -0.39 is 41.8 Å². The molecule has 1 fully saturated rings. The second kappa shape index (κ2) is 14.8. The van der Waals surface area contributed by atoms with Crippen LogP contribution >= 0.6 is 0 Å². The van der Waals surface area contributed by atoms with Crippen molar-refractivity contribution in [3.05, 3.63) is 35.9 Å². The molecule has 0 bridgehead atoms. The summed E-state index contributed by atoms with van der Waals surface area (Å²) in [6, 6.07) is 6.64. The second-order valence-corrected chi connectivity index (χ2v) is 8.79. The van der Waals surface area contributed by atoms with Crippen molar-refractivity contribution in [3.8, 4) is 0 Å². The normalized spacial score (nSPS) is 16.6. The third-order valence-electron chi connectivity index (χ3n) is 5.92. The number of primary amides is 1. The maximum absolute atomic E-state index is 12.8. The fraction of sp³-hybridized carbons (Fsp3) is 0.542. The second-order valence-electron chi connectivity index (χ2n) is 8.79. The summed E-state index contributed by atoms with van der Waals surface area (Å²) in [4.78, 5) is 63.1. The van der Waals surface area contributed by atoms with Crippen LogP contribution in [0.1, 0.15) is 37.7 Å². The Morgan fingerprint density at radius 3 is 2.42 bits per heavy atom. The number of amides is 5. The molecule has 0 saturated carbocycles. The molecular weight excluding hydrogens is 466 g/mol. The molecule has 1 aromatic carbocycles. The first-order valence-corrected chi connectivity index (χ1v) is 12.2. The predicted octanol–water partition coefficient (Wildman–Crippen LogP) is -2.12. The van der Waals surface area contributed by atoms with Gasteiger partial charge in [0.25, 0.3) is 0 Å². The van der Waals surface area contributed by atoms with Crippen LogP contribution in [0.4, 0.5) is 0 Å². The number of rotatable bonds is 14. The fourth-order valence-electron chi connectivity index (χ4n) is 4.04. The summed E-state index contributed by atoms with van der Waals surface area (Å²) in [5.41, 5.74) is 17.4. The van der Waals surface area contributed by atoms with Crippen molar-refractivity contribution in [2.24, 2.45) is 17.2 Å². The monoisotopic (exact) mass is 503 g/mol. The Bertz CT molecular complexity index is 911. The molecule has 5 amide bonds. The number of hydrogen-bond donors (Lipinski definition) is 6. The summed E-state index contributed by atoms with van der Waals surface area (Å²) in [7, 11) is 0. The van der Waals surface area contributed by atoms with Crippen LogP contribution in [-0.4, -0.2) is 78.7 Å². The van der Waals surface area contributed by atoms with Gasteiger partial charge in [-0.1, -0.05) is 36.8 Å². The topological polar surface area (TPSA) is 203 Å². The van der Waals surface area contributed by atoms with Crippen molar-refractivity contribution in [2.45, 2.75) is 56.7 Å². The van der Waals surface area contributed by atoms with Gasteiger partial charge in [-0.25, -0.2) is 0 Å². The van der Waals surface area contributed by atoms with Crippen LogP contribution in [0.25, 0.3) is 0 Å². The molecule has 9 N–H and O–H groups in total. The van der Waals surface area contributed by atoms with Crippen LogP contribution in [0, 0.1) is 0 Å². The van der Waals surface area contributed by atoms with Gasteiger partial charge in [0, 0.05) is 13.0 Å². The van der Waals surface area contributed by atoms with Gasteiger partial charge >= 0.3 is 0 Å². The molecule has 1 saturated heterocycles. The van der Waals surface area contributed by atoms with E-state index in [2.05, 4.69) is 16.0 Å². The van der Waals surface area contributed by atoms with Gasteiger partial charge in [0.15, 0.2) is 0 Å². The van der Waals surface area contributed by atoms with Gasteiger partial charge in [0.2, 0.25) is 29.5 Å². The molecule has 2 rings (SSSR count). The molecule has 12 heteroatoms. The molecule has 0 unspecified atom stereocenters. The highest BCUT2D eigenvalue weighted by atomic mass is 16.2. The molecule has 1 aliphatic heterocycles. The Labute approximate surface area is 210 Å². The predicted molar refractivity (Wildman–Crippen MR) is 133 cm³/mol. The summed E-state index contributed by atoms with van der Waals surface area (Å²) >= 11 is 0. The van der Waals surface area contributed by atoms with E-state index in [1.165, 1.54) is 4.90 Å². The molecule has 3 atom stereocenters. The largest absolute Gasteiger partial charge is 0.368 e. The van der Waals surface area contributed by atoms with Crippen molar-refractivity contribution < 1.29 is 24.0 Å². The third-order valence-corrected chi connectivity index (χ3v) is 5.92. The average molecular weight is 504 g/mol. The lowest BCUT2D eigenvalue weighted by Gasteiger charge is -2.26. The summed E-state index contributed by atoms with van der Waals surface area (Å²) in [5, 5.41) is 7.52. The zero-order valence-electron chi connectivity index (χ0n) is 20.4. The van der Waals surface area contributed by atoms with E-state index in [0.29, 0.717) is 32.4 Å². The fourth-order valence-corrected chi connectivity index (χ4v) is 4.04. The van der Waals surface area contributed by atoms with Crippen LogP contribution in [0.5, 0.6) is 0 Å². The minimum Gasteiger partial charge on any atom is -0.368 e. The molecule has 1 aromatic rings. The maximum Gasteiger partial charge on any atom is 0.243 e. The summed E-state index contributed by atoms with van der Waals surface area (Å²) in [5.74, 6) is -2.62. The Morgan fingerprint density at radius 2 is 1.75 bits per heavy atom. The highest BCUT2D eigenvalue weighted by molar-refractivity contribution is 5.94. The Hall–Kier alpha value is -3.51. The van der Waals surface area contributed by atoms with E-state index in [0.717, 1.165) is 18.4 Å². The molecule has 1 aliphatic rings.